The van der Waals surface area contributed by atoms with Crippen LogP contribution in [0.25, 0.3) is 0 Å². The van der Waals surface area contributed by atoms with Crippen molar-refractivity contribution in [1.82, 2.24) is 10.6 Å². The lowest BCUT2D eigenvalue weighted by molar-refractivity contribution is -0.137. The first-order chi connectivity index (χ1) is 7.11. The Balaban J connectivity index is 2.27. The number of nitrogens with one attached hydrogen (secondary N) is 2. The molecule has 1 rings (SSSR count). The highest BCUT2D eigenvalue weighted by molar-refractivity contribution is 5.76. The molecule has 1 unspecified atom stereocenters. The minimum Gasteiger partial charge on any atom is -0.481 e. The van der Waals surface area contributed by atoms with Crippen LogP contribution in [0.15, 0.2) is 0 Å². The monoisotopic (exact) mass is 214 g/mol. The molecule has 0 aliphatic heterocycles. The molecule has 15 heavy (non-hydrogen) atoms. The highest BCUT2D eigenvalue weighted by atomic mass is 16.4. The number of carbonyl (C=O) groups is 2. The van der Waals surface area contributed by atoms with Gasteiger partial charge in [0.15, 0.2) is 0 Å². The Morgan fingerprint density at radius 3 is 2.60 bits per heavy atom. The third kappa shape index (κ3) is 5.24. The summed E-state index contributed by atoms with van der Waals surface area (Å²) in [6, 6.07) is -0.194. The first kappa shape index (κ1) is 11.8. The third-order valence-electron chi connectivity index (χ3n) is 2.31. The molecule has 0 heterocycles. The molecule has 1 saturated carbocycles. The van der Waals surface area contributed by atoms with Crippen LogP contribution < -0.4 is 10.6 Å². The molecule has 3 N–H and O–H groups in total. The molecule has 1 fully saturated rings. The van der Waals surface area contributed by atoms with Crippen molar-refractivity contribution >= 4 is 12.0 Å². The van der Waals surface area contributed by atoms with Crippen molar-refractivity contribution in [1.29, 1.82) is 0 Å². The summed E-state index contributed by atoms with van der Waals surface area (Å²) in [6.07, 6.45) is 3.62. The first-order valence-corrected chi connectivity index (χ1v) is 5.40. The highest BCUT2D eigenvalue weighted by Gasteiger charge is 2.24. The van der Waals surface area contributed by atoms with E-state index in [9.17, 15) is 9.59 Å². The maximum Gasteiger partial charge on any atom is 0.315 e. The molecule has 1 aliphatic carbocycles. The van der Waals surface area contributed by atoms with Crippen LogP contribution in [0.5, 0.6) is 0 Å². The maximum absolute atomic E-state index is 11.3. The second kappa shape index (κ2) is 5.58. The molecule has 2 amide bonds. The lowest BCUT2D eigenvalue weighted by Crippen LogP contribution is -2.43. The first-order valence-electron chi connectivity index (χ1n) is 5.40. The molecule has 5 nitrogen and oxygen atoms in total. The zero-order valence-electron chi connectivity index (χ0n) is 8.95. The molecule has 0 spiro atoms. The van der Waals surface area contributed by atoms with Crippen LogP contribution in [0.2, 0.25) is 0 Å². The SMILES string of the molecule is CCCC(CC(=O)O)NC(=O)NC1CC1. The van der Waals surface area contributed by atoms with Gasteiger partial charge in [-0.15, -0.1) is 0 Å². The van der Waals surface area contributed by atoms with E-state index in [4.69, 9.17) is 5.11 Å². The van der Waals surface area contributed by atoms with Crippen molar-refractivity contribution in [2.75, 3.05) is 0 Å². The largest absolute Gasteiger partial charge is 0.481 e. The highest BCUT2D eigenvalue weighted by Crippen LogP contribution is 2.18. The summed E-state index contributed by atoms with van der Waals surface area (Å²) in [5.41, 5.74) is 0. The number of carboxylic acid groups (broad SMARTS) is 1. The van der Waals surface area contributed by atoms with Gasteiger partial charge >= 0.3 is 12.0 Å². The van der Waals surface area contributed by atoms with E-state index in [-0.39, 0.29) is 18.5 Å². The summed E-state index contributed by atoms with van der Waals surface area (Å²) in [4.78, 5) is 21.9. The molecule has 0 saturated heterocycles. The predicted molar refractivity (Wildman–Crippen MR) is 55.6 cm³/mol. The fraction of sp³-hybridized carbons (Fsp3) is 0.800. The van der Waals surface area contributed by atoms with Crippen molar-refractivity contribution < 1.29 is 14.7 Å². The van der Waals surface area contributed by atoms with Crippen LogP contribution in [-0.4, -0.2) is 29.2 Å². The lowest BCUT2D eigenvalue weighted by atomic mass is 10.1. The molecule has 0 radical (unpaired) electrons. The number of urea groups is 1. The van der Waals surface area contributed by atoms with E-state index in [0.717, 1.165) is 19.3 Å². The molecule has 1 aliphatic rings. The van der Waals surface area contributed by atoms with E-state index in [2.05, 4.69) is 10.6 Å². The smallest absolute Gasteiger partial charge is 0.315 e. The number of hydrogen-bond acceptors (Lipinski definition) is 2. The van der Waals surface area contributed by atoms with Crippen molar-refractivity contribution in [2.45, 2.75) is 51.1 Å². The number of carboxylic acids is 1. The maximum atomic E-state index is 11.3. The van der Waals surface area contributed by atoms with E-state index in [1.807, 2.05) is 6.92 Å². The lowest BCUT2D eigenvalue weighted by Gasteiger charge is -2.16. The van der Waals surface area contributed by atoms with E-state index in [1.54, 1.807) is 0 Å². The molecule has 0 aromatic carbocycles. The normalized spacial score (nSPS) is 16.9. The van der Waals surface area contributed by atoms with Crippen molar-refractivity contribution in [3.05, 3.63) is 0 Å². The second-order valence-electron chi connectivity index (χ2n) is 3.98. The van der Waals surface area contributed by atoms with Gasteiger partial charge in [-0.3, -0.25) is 4.79 Å². The standard InChI is InChI=1S/C10H18N2O3/c1-2-3-8(6-9(13)14)12-10(15)11-7-4-5-7/h7-8H,2-6H2,1H3,(H,13,14)(H2,11,12,15). The van der Waals surface area contributed by atoms with Crippen LogP contribution >= 0.6 is 0 Å². The van der Waals surface area contributed by atoms with Crippen molar-refractivity contribution in [2.24, 2.45) is 0 Å². The quantitative estimate of drug-likeness (QED) is 0.619. The number of hydrogen-bond donors (Lipinski definition) is 3. The minimum absolute atomic E-state index is 0.00801. The summed E-state index contributed by atoms with van der Waals surface area (Å²) in [5, 5.41) is 14.1. The molecular formula is C10H18N2O3. The number of rotatable bonds is 6. The Kier molecular flexibility index (Phi) is 4.39. The Morgan fingerprint density at radius 1 is 1.47 bits per heavy atom. The molecule has 5 heteroatoms. The average molecular weight is 214 g/mol. The zero-order chi connectivity index (χ0) is 11.3. The Labute approximate surface area is 89.2 Å². The van der Waals surface area contributed by atoms with Gasteiger partial charge in [0.25, 0.3) is 0 Å². The Bertz CT molecular complexity index is 239. The molecule has 86 valence electrons. The van der Waals surface area contributed by atoms with Crippen molar-refractivity contribution in [3.63, 3.8) is 0 Å². The molecular weight excluding hydrogens is 196 g/mol. The fourth-order valence-electron chi connectivity index (χ4n) is 1.42. The van der Waals surface area contributed by atoms with Gasteiger partial charge in [-0.25, -0.2) is 4.79 Å². The number of aliphatic carboxylic acids is 1. The second-order valence-corrected chi connectivity index (χ2v) is 3.98. The summed E-state index contributed by atoms with van der Waals surface area (Å²) in [5.74, 6) is -0.875. The van der Waals surface area contributed by atoms with E-state index in [0.29, 0.717) is 12.5 Å². The van der Waals surface area contributed by atoms with Crippen LogP contribution in [-0.2, 0) is 4.79 Å². The molecule has 0 bridgehead atoms. The topological polar surface area (TPSA) is 78.4 Å². The van der Waals surface area contributed by atoms with Gasteiger partial charge in [-0.05, 0) is 19.3 Å². The number of amides is 2. The Morgan fingerprint density at radius 2 is 2.13 bits per heavy atom. The molecule has 0 aromatic rings. The Hall–Kier alpha value is -1.26. The van der Waals surface area contributed by atoms with Crippen LogP contribution in [0, 0.1) is 0 Å². The minimum atomic E-state index is -0.875. The fourth-order valence-corrected chi connectivity index (χ4v) is 1.42. The summed E-state index contributed by atoms with van der Waals surface area (Å²) < 4.78 is 0. The third-order valence-corrected chi connectivity index (χ3v) is 2.31. The van der Waals surface area contributed by atoms with Crippen LogP contribution in [0.1, 0.15) is 39.0 Å². The molecule has 1 atom stereocenters. The van der Waals surface area contributed by atoms with Crippen molar-refractivity contribution in [3.8, 4) is 0 Å². The molecule has 0 aromatic heterocycles. The van der Waals surface area contributed by atoms with Gasteiger partial charge in [0, 0.05) is 12.1 Å². The van der Waals surface area contributed by atoms with Gasteiger partial charge in [0.05, 0.1) is 6.42 Å². The van der Waals surface area contributed by atoms with Gasteiger partial charge in [-0.2, -0.15) is 0 Å². The van der Waals surface area contributed by atoms with Crippen LogP contribution in [0.3, 0.4) is 0 Å². The van der Waals surface area contributed by atoms with E-state index < -0.39 is 5.97 Å². The zero-order valence-corrected chi connectivity index (χ0v) is 8.95. The average Bonchev–Trinajstić information content (AvgIpc) is 2.86. The van der Waals surface area contributed by atoms with E-state index in [1.165, 1.54) is 0 Å². The van der Waals surface area contributed by atoms with Gasteiger partial charge < -0.3 is 15.7 Å². The van der Waals surface area contributed by atoms with Gasteiger partial charge in [0.2, 0.25) is 0 Å². The number of carbonyl (C=O) groups excluding carboxylic acids is 1. The predicted octanol–water partition coefficient (Wildman–Crippen LogP) is 1.09. The van der Waals surface area contributed by atoms with Gasteiger partial charge in [-0.1, -0.05) is 13.3 Å². The van der Waals surface area contributed by atoms with Crippen LogP contribution in [0.4, 0.5) is 4.79 Å². The summed E-state index contributed by atoms with van der Waals surface area (Å²) >= 11 is 0. The van der Waals surface area contributed by atoms with E-state index >= 15 is 0 Å². The van der Waals surface area contributed by atoms with Gasteiger partial charge in [0.1, 0.15) is 0 Å². The summed E-state index contributed by atoms with van der Waals surface area (Å²) in [7, 11) is 0. The summed E-state index contributed by atoms with van der Waals surface area (Å²) in [6.45, 7) is 1.97.